The SMILES string of the molecule is CN=C(NCC(C(C)C)N1CCOCC1)NCC1(c2ccccc2Cl)CCOCC1.I. The van der Waals surface area contributed by atoms with E-state index in [1.54, 1.807) is 0 Å². The molecular weight excluding hydrogens is 527 g/mol. The number of morpholine rings is 1. The van der Waals surface area contributed by atoms with Crippen LogP contribution in [0.4, 0.5) is 0 Å². The van der Waals surface area contributed by atoms with Crippen LogP contribution in [-0.2, 0) is 14.9 Å². The summed E-state index contributed by atoms with van der Waals surface area (Å²) in [6, 6.07) is 8.65. The van der Waals surface area contributed by atoms with Crippen LogP contribution in [0.3, 0.4) is 0 Å². The molecule has 0 radical (unpaired) electrons. The number of halogens is 2. The quantitative estimate of drug-likeness (QED) is 0.302. The molecule has 2 heterocycles. The summed E-state index contributed by atoms with van der Waals surface area (Å²) < 4.78 is 11.2. The molecule has 0 bridgehead atoms. The molecule has 1 unspecified atom stereocenters. The van der Waals surface area contributed by atoms with Crippen molar-refractivity contribution in [1.29, 1.82) is 0 Å². The molecule has 31 heavy (non-hydrogen) atoms. The Bertz CT molecular complexity index is 692. The van der Waals surface area contributed by atoms with Crippen molar-refractivity contribution in [1.82, 2.24) is 15.5 Å². The summed E-state index contributed by atoms with van der Waals surface area (Å²) in [4.78, 5) is 7.01. The molecule has 1 aromatic carbocycles. The summed E-state index contributed by atoms with van der Waals surface area (Å²) in [6.45, 7) is 11.3. The first-order chi connectivity index (χ1) is 14.6. The lowest BCUT2D eigenvalue weighted by Crippen LogP contribution is -2.54. The normalized spacial score (nSPS) is 20.7. The molecule has 176 valence electrons. The molecule has 0 aliphatic carbocycles. The van der Waals surface area contributed by atoms with Crippen molar-refractivity contribution in [2.24, 2.45) is 10.9 Å². The van der Waals surface area contributed by atoms with Crippen molar-refractivity contribution in [3.8, 4) is 0 Å². The molecule has 1 aromatic rings. The van der Waals surface area contributed by atoms with Crippen molar-refractivity contribution < 1.29 is 9.47 Å². The first kappa shape index (κ1) is 26.6. The predicted molar refractivity (Wildman–Crippen MR) is 139 cm³/mol. The number of benzene rings is 1. The Morgan fingerprint density at radius 3 is 2.35 bits per heavy atom. The van der Waals surface area contributed by atoms with Crippen LogP contribution in [-0.4, -0.2) is 76.6 Å². The van der Waals surface area contributed by atoms with Crippen LogP contribution < -0.4 is 10.6 Å². The zero-order valence-corrected chi connectivity index (χ0v) is 22.1. The van der Waals surface area contributed by atoms with Gasteiger partial charge in [0.15, 0.2) is 5.96 Å². The van der Waals surface area contributed by atoms with Crippen molar-refractivity contribution in [3.63, 3.8) is 0 Å². The molecule has 0 amide bonds. The van der Waals surface area contributed by atoms with E-state index >= 15 is 0 Å². The van der Waals surface area contributed by atoms with Crippen LogP contribution in [0.5, 0.6) is 0 Å². The smallest absolute Gasteiger partial charge is 0.191 e. The minimum Gasteiger partial charge on any atom is -0.381 e. The number of hydrogen-bond donors (Lipinski definition) is 2. The Balaban J connectivity index is 0.00000341. The van der Waals surface area contributed by atoms with E-state index in [1.807, 2.05) is 19.2 Å². The van der Waals surface area contributed by atoms with E-state index in [2.05, 4.69) is 46.5 Å². The summed E-state index contributed by atoms with van der Waals surface area (Å²) in [5.41, 5.74) is 1.15. The average molecular weight is 565 g/mol. The maximum atomic E-state index is 6.59. The number of rotatable bonds is 7. The maximum Gasteiger partial charge on any atom is 0.191 e. The van der Waals surface area contributed by atoms with Crippen LogP contribution in [0.15, 0.2) is 29.3 Å². The molecule has 2 N–H and O–H groups in total. The molecule has 2 saturated heterocycles. The monoisotopic (exact) mass is 564 g/mol. The Kier molecular flexibility index (Phi) is 11.3. The van der Waals surface area contributed by atoms with Gasteiger partial charge in [0, 0.05) is 62.9 Å². The first-order valence-electron chi connectivity index (χ1n) is 11.1. The van der Waals surface area contributed by atoms with E-state index in [0.29, 0.717) is 12.0 Å². The van der Waals surface area contributed by atoms with E-state index in [9.17, 15) is 0 Å². The molecule has 2 fully saturated rings. The third kappa shape index (κ3) is 7.19. The van der Waals surface area contributed by atoms with Crippen molar-refractivity contribution in [2.45, 2.75) is 38.1 Å². The first-order valence-corrected chi connectivity index (χ1v) is 11.5. The minimum absolute atomic E-state index is 0. The predicted octanol–water partition coefficient (Wildman–Crippen LogP) is 3.53. The van der Waals surface area contributed by atoms with Gasteiger partial charge in [-0.25, -0.2) is 0 Å². The number of hydrogen-bond acceptors (Lipinski definition) is 4. The molecule has 1 atom stereocenters. The molecule has 2 aliphatic heterocycles. The number of aliphatic imine (C=N–C) groups is 1. The molecule has 0 saturated carbocycles. The Hall–Kier alpha value is -0.610. The Morgan fingerprint density at radius 1 is 1.10 bits per heavy atom. The highest BCUT2D eigenvalue weighted by Crippen LogP contribution is 2.38. The standard InChI is InChI=1S/C23H37ClN4O2.HI/c1-18(2)21(28-10-14-30-15-11-28)16-26-22(25-3)27-17-23(8-12-29-13-9-23)19-6-4-5-7-20(19)24;/h4-7,18,21H,8-17H2,1-3H3,(H2,25,26,27);1H. The van der Waals surface area contributed by atoms with Crippen LogP contribution in [0.2, 0.25) is 5.02 Å². The second kappa shape index (κ2) is 13.2. The van der Waals surface area contributed by atoms with E-state index in [0.717, 1.165) is 76.4 Å². The second-order valence-electron chi connectivity index (χ2n) is 8.64. The summed E-state index contributed by atoms with van der Waals surface area (Å²) >= 11 is 6.59. The van der Waals surface area contributed by atoms with Crippen LogP contribution in [0.1, 0.15) is 32.3 Å². The van der Waals surface area contributed by atoms with Gasteiger partial charge in [-0.1, -0.05) is 43.6 Å². The third-order valence-corrected chi connectivity index (χ3v) is 6.81. The molecule has 0 spiro atoms. The van der Waals surface area contributed by atoms with Gasteiger partial charge in [0.05, 0.1) is 13.2 Å². The van der Waals surface area contributed by atoms with Gasteiger partial charge in [0.1, 0.15) is 0 Å². The van der Waals surface area contributed by atoms with Crippen molar-refractivity contribution in [3.05, 3.63) is 34.9 Å². The van der Waals surface area contributed by atoms with Crippen LogP contribution in [0, 0.1) is 5.92 Å². The Morgan fingerprint density at radius 2 is 1.74 bits per heavy atom. The molecule has 6 nitrogen and oxygen atoms in total. The zero-order valence-electron chi connectivity index (χ0n) is 19.0. The molecule has 0 aromatic heterocycles. The third-order valence-electron chi connectivity index (χ3n) is 6.48. The summed E-state index contributed by atoms with van der Waals surface area (Å²) in [5.74, 6) is 1.39. The van der Waals surface area contributed by atoms with Gasteiger partial charge in [0.25, 0.3) is 0 Å². The molecule has 8 heteroatoms. The van der Waals surface area contributed by atoms with Gasteiger partial charge in [-0.3, -0.25) is 9.89 Å². The lowest BCUT2D eigenvalue weighted by molar-refractivity contribution is 0.00750. The van der Waals surface area contributed by atoms with Crippen LogP contribution in [0.25, 0.3) is 0 Å². The largest absolute Gasteiger partial charge is 0.381 e. The van der Waals surface area contributed by atoms with E-state index in [4.69, 9.17) is 21.1 Å². The Labute approximate surface area is 209 Å². The van der Waals surface area contributed by atoms with Gasteiger partial charge in [-0.2, -0.15) is 0 Å². The molecular formula is C23H38ClIN4O2. The maximum absolute atomic E-state index is 6.59. The fraction of sp³-hybridized carbons (Fsp3) is 0.696. The molecule has 3 rings (SSSR count). The van der Waals surface area contributed by atoms with Gasteiger partial charge < -0.3 is 20.1 Å². The van der Waals surface area contributed by atoms with Gasteiger partial charge >= 0.3 is 0 Å². The summed E-state index contributed by atoms with van der Waals surface area (Å²) in [5, 5.41) is 7.98. The fourth-order valence-electron chi connectivity index (χ4n) is 4.57. The molecule has 2 aliphatic rings. The van der Waals surface area contributed by atoms with E-state index in [1.165, 1.54) is 5.56 Å². The van der Waals surface area contributed by atoms with E-state index in [-0.39, 0.29) is 29.4 Å². The summed E-state index contributed by atoms with van der Waals surface area (Å²) in [6.07, 6.45) is 1.90. The lowest BCUT2D eigenvalue weighted by atomic mass is 9.74. The van der Waals surface area contributed by atoms with Gasteiger partial charge in [-0.15, -0.1) is 24.0 Å². The highest BCUT2D eigenvalue weighted by Gasteiger charge is 2.36. The number of nitrogens with one attached hydrogen (secondary N) is 2. The lowest BCUT2D eigenvalue weighted by Gasteiger charge is -2.39. The average Bonchev–Trinajstić information content (AvgIpc) is 2.77. The van der Waals surface area contributed by atoms with E-state index < -0.39 is 0 Å². The zero-order chi connectivity index (χ0) is 21.4. The second-order valence-corrected chi connectivity index (χ2v) is 9.05. The fourth-order valence-corrected chi connectivity index (χ4v) is 4.90. The topological polar surface area (TPSA) is 58.1 Å². The number of ether oxygens (including phenoxy) is 2. The van der Waals surface area contributed by atoms with Crippen molar-refractivity contribution in [2.75, 3.05) is 59.7 Å². The highest BCUT2D eigenvalue weighted by molar-refractivity contribution is 14.0. The summed E-state index contributed by atoms with van der Waals surface area (Å²) in [7, 11) is 1.83. The van der Waals surface area contributed by atoms with Gasteiger partial charge in [0.2, 0.25) is 0 Å². The number of guanidine groups is 1. The number of nitrogens with zero attached hydrogens (tertiary/aromatic N) is 2. The van der Waals surface area contributed by atoms with Crippen LogP contribution >= 0.6 is 35.6 Å². The highest BCUT2D eigenvalue weighted by atomic mass is 127. The van der Waals surface area contributed by atoms with Gasteiger partial charge in [-0.05, 0) is 30.4 Å². The minimum atomic E-state index is -0.0458. The van der Waals surface area contributed by atoms with Crippen molar-refractivity contribution >= 4 is 41.5 Å².